The average Bonchev–Trinajstić information content (AvgIpc) is 2.72. The normalized spacial score (nSPS) is 11.1. The lowest BCUT2D eigenvalue weighted by molar-refractivity contribution is 0.0993. The number of para-hydroxylation sites is 2. The predicted molar refractivity (Wildman–Crippen MR) is 113 cm³/mol. The van der Waals surface area contributed by atoms with Gasteiger partial charge in [0.1, 0.15) is 0 Å². The summed E-state index contributed by atoms with van der Waals surface area (Å²) in [5.74, 6) is -0.124. The van der Waals surface area contributed by atoms with Crippen molar-refractivity contribution < 1.29 is 13.2 Å². The molecule has 0 heterocycles. The second kappa shape index (κ2) is 8.27. The molecule has 28 heavy (non-hydrogen) atoms. The fourth-order valence-corrected chi connectivity index (χ4v) is 3.76. The van der Waals surface area contributed by atoms with E-state index < -0.39 is 10.0 Å². The summed E-state index contributed by atoms with van der Waals surface area (Å²) in [6.45, 7) is 0.200. The molecule has 0 unspecified atom stereocenters. The number of nitrogens with zero attached hydrogens (tertiary/aromatic N) is 2. The van der Waals surface area contributed by atoms with Crippen molar-refractivity contribution in [1.82, 2.24) is 0 Å². The maximum atomic E-state index is 12.7. The molecule has 0 N–H and O–H groups in total. The minimum atomic E-state index is -3.43. The largest absolute Gasteiger partial charge is 0.311 e. The Balaban J connectivity index is 1.79. The van der Waals surface area contributed by atoms with Crippen LogP contribution in [0.3, 0.4) is 0 Å². The highest BCUT2D eigenvalue weighted by molar-refractivity contribution is 7.92. The Kier molecular flexibility index (Phi) is 5.80. The van der Waals surface area contributed by atoms with E-state index in [0.29, 0.717) is 11.3 Å². The molecule has 0 saturated carbocycles. The number of benzene rings is 3. The fourth-order valence-electron chi connectivity index (χ4n) is 2.88. The number of carbonyl (C=O) groups excluding carboxylic acids is 1. The van der Waals surface area contributed by atoms with E-state index >= 15 is 0 Å². The van der Waals surface area contributed by atoms with Gasteiger partial charge in [-0.05, 0) is 42.0 Å². The first-order valence-corrected chi connectivity index (χ1v) is 10.7. The van der Waals surface area contributed by atoms with Crippen molar-refractivity contribution in [3.05, 3.63) is 96.1 Å². The van der Waals surface area contributed by atoms with Crippen molar-refractivity contribution >= 4 is 27.3 Å². The van der Waals surface area contributed by atoms with Crippen molar-refractivity contribution in [2.24, 2.45) is 0 Å². The first-order valence-electron chi connectivity index (χ1n) is 8.81. The molecule has 144 valence electrons. The van der Waals surface area contributed by atoms with Crippen molar-refractivity contribution in [3.63, 3.8) is 0 Å². The van der Waals surface area contributed by atoms with Gasteiger partial charge in [-0.15, -0.1) is 0 Å². The van der Waals surface area contributed by atoms with Crippen LogP contribution < -0.4 is 9.21 Å². The Bertz CT molecular complexity index is 1030. The molecule has 0 atom stereocenters. The van der Waals surface area contributed by atoms with Crippen LogP contribution in [-0.4, -0.2) is 27.6 Å². The molecule has 0 fully saturated rings. The fraction of sp³-hybridized carbons (Fsp3) is 0.136. The van der Waals surface area contributed by atoms with E-state index in [4.69, 9.17) is 0 Å². The molecule has 1 amide bonds. The number of anilines is 2. The van der Waals surface area contributed by atoms with E-state index in [9.17, 15) is 13.2 Å². The summed E-state index contributed by atoms with van der Waals surface area (Å²) in [6.07, 6.45) is 1.19. The van der Waals surface area contributed by atoms with Crippen LogP contribution in [0.2, 0.25) is 0 Å². The van der Waals surface area contributed by atoms with Crippen LogP contribution in [0, 0.1) is 0 Å². The number of hydrogen-bond donors (Lipinski definition) is 0. The third-order valence-electron chi connectivity index (χ3n) is 4.42. The number of rotatable bonds is 6. The maximum absolute atomic E-state index is 12.7. The predicted octanol–water partition coefficient (Wildman–Crippen LogP) is 3.93. The van der Waals surface area contributed by atoms with Gasteiger partial charge in [0.15, 0.2) is 0 Å². The van der Waals surface area contributed by atoms with Gasteiger partial charge in [-0.25, -0.2) is 8.42 Å². The maximum Gasteiger partial charge on any atom is 0.258 e. The van der Waals surface area contributed by atoms with Gasteiger partial charge < -0.3 is 4.90 Å². The summed E-state index contributed by atoms with van der Waals surface area (Å²) in [5, 5.41) is 0. The number of carbonyl (C=O) groups is 1. The molecule has 3 aromatic carbocycles. The summed E-state index contributed by atoms with van der Waals surface area (Å²) in [7, 11) is -1.71. The topological polar surface area (TPSA) is 57.7 Å². The first kappa shape index (κ1) is 19.6. The minimum absolute atomic E-state index is 0.124. The molecule has 0 aromatic heterocycles. The van der Waals surface area contributed by atoms with Crippen molar-refractivity contribution in [1.29, 1.82) is 0 Å². The summed E-state index contributed by atoms with van der Waals surface area (Å²) in [6, 6.07) is 25.4. The van der Waals surface area contributed by atoms with E-state index in [0.717, 1.165) is 11.3 Å². The van der Waals surface area contributed by atoms with Crippen LogP contribution in [0.25, 0.3) is 0 Å². The molecule has 0 aliphatic rings. The lowest BCUT2D eigenvalue weighted by atomic mass is 10.1. The Morgan fingerprint density at radius 2 is 1.29 bits per heavy atom. The lowest BCUT2D eigenvalue weighted by Gasteiger charge is -2.23. The van der Waals surface area contributed by atoms with E-state index in [1.807, 2.05) is 36.4 Å². The zero-order valence-corrected chi connectivity index (χ0v) is 16.6. The zero-order chi connectivity index (χ0) is 20.1. The van der Waals surface area contributed by atoms with E-state index in [-0.39, 0.29) is 12.5 Å². The summed E-state index contributed by atoms with van der Waals surface area (Å²) in [4.78, 5) is 14.3. The third-order valence-corrected chi connectivity index (χ3v) is 5.56. The van der Waals surface area contributed by atoms with Gasteiger partial charge in [0.25, 0.3) is 5.91 Å². The Morgan fingerprint density at radius 1 is 0.786 bits per heavy atom. The minimum Gasteiger partial charge on any atom is -0.311 e. The van der Waals surface area contributed by atoms with Crippen LogP contribution in [-0.2, 0) is 16.6 Å². The first-order chi connectivity index (χ1) is 13.4. The highest BCUT2D eigenvalue weighted by Crippen LogP contribution is 2.21. The average molecular weight is 394 g/mol. The van der Waals surface area contributed by atoms with Gasteiger partial charge in [-0.3, -0.25) is 9.10 Å². The van der Waals surface area contributed by atoms with Crippen molar-refractivity contribution in [2.75, 3.05) is 22.5 Å². The van der Waals surface area contributed by atoms with E-state index in [1.54, 1.807) is 60.5 Å². The van der Waals surface area contributed by atoms with Gasteiger partial charge in [-0.1, -0.05) is 48.5 Å². The molecular weight excluding hydrogens is 372 g/mol. The molecule has 0 aliphatic carbocycles. The van der Waals surface area contributed by atoms with Crippen LogP contribution in [0.5, 0.6) is 0 Å². The molecule has 0 spiro atoms. The SMILES string of the molecule is CN(C(=O)c1ccc(CN(c2ccccc2)S(C)(=O)=O)cc1)c1ccccc1. The molecule has 3 rings (SSSR count). The van der Waals surface area contributed by atoms with Gasteiger partial charge in [0.2, 0.25) is 10.0 Å². The molecule has 0 aliphatic heterocycles. The van der Waals surface area contributed by atoms with Crippen molar-refractivity contribution in [2.45, 2.75) is 6.54 Å². The van der Waals surface area contributed by atoms with Gasteiger partial charge in [-0.2, -0.15) is 0 Å². The third kappa shape index (κ3) is 4.58. The molecule has 0 bridgehead atoms. The standard InChI is InChI=1S/C22H22N2O3S/c1-23(20-9-5-3-6-10-20)22(25)19-15-13-18(14-16-19)17-24(28(2,26)27)21-11-7-4-8-12-21/h3-16H,17H2,1-2H3. The summed E-state index contributed by atoms with van der Waals surface area (Å²) < 4.78 is 25.8. The van der Waals surface area contributed by atoms with Crippen molar-refractivity contribution in [3.8, 4) is 0 Å². The lowest BCUT2D eigenvalue weighted by Crippen LogP contribution is -2.29. The van der Waals surface area contributed by atoms with Crippen LogP contribution in [0.1, 0.15) is 15.9 Å². The smallest absolute Gasteiger partial charge is 0.258 e. The number of sulfonamides is 1. The second-order valence-electron chi connectivity index (χ2n) is 6.50. The Hall–Kier alpha value is -3.12. The van der Waals surface area contributed by atoms with Crippen LogP contribution >= 0.6 is 0 Å². The zero-order valence-electron chi connectivity index (χ0n) is 15.8. The molecule has 6 heteroatoms. The quantitative estimate of drug-likeness (QED) is 0.637. The van der Waals surface area contributed by atoms with Crippen LogP contribution in [0.4, 0.5) is 11.4 Å². The van der Waals surface area contributed by atoms with Crippen LogP contribution in [0.15, 0.2) is 84.9 Å². The number of amides is 1. The highest BCUT2D eigenvalue weighted by Gasteiger charge is 2.18. The van der Waals surface area contributed by atoms with E-state index in [2.05, 4.69) is 0 Å². The molecule has 0 saturated heterocycles. The van der Waals surface area contributed by atoms with Gasteiger partial charge in [0, 0.05) is 18.3 Å². The molecule has 5 nitrogen and oxygen atoms in total. The Labute approximate surface area is 165 Å². The monoisotopic (exact) mass is 394 g/mol. The Morgan fingerprint density at radius 3 is 1.79 bits per heavy atom. The highest BCUT2D eigenvalue weighted by atomic mass is 32.2. The molecule has 3 aromatic rings. The second-order valence-corrected chi connectivity index (χ2v) is 8.41. The van der Waals surface area contributed by atoms with Gasteiger partial charge >= 0.3 is 0 Å². The van der Waals surface area contributed by atoms with Gasteiger partial charge in [0.05, 0.1) is 18.5 Å². The number of hydrogen-bond acceptors (Lipinski definition) is 3. The molecule has 0 radical (unpaired) electrons. The summed E-state index contributed by atoms with van der Waals surface area (Å²) in [5.41, 5.74) is 2.76. The van der Waals surface area contributed by atoms with E-state index in [1.165, 1.54) is 10.6 Å². The summed E-state index contributed by atoms with van der Waals surface area (Å²) >= 11 is 0. The molecular formula is C22H22N2O3S.